The van der Waals surface area contributed by atoms with Crippen LogP contribution in [-0.2, 0) is 14.3 Å². The first-order valence-electron chi connectivity index (χ1n) is 5.17. The van der Waals surface area contributed by atoms with Gasteiger partial charge in [-0.05, 0) is 13.5 Å². The van der Waals surface area contributed by atoms with Crippen molar-refractivity contribution in [1.82, 2.24) is 5.32 Å². The average molecular weight is 233 g/mol. The molecule has 1 rings (SSSR count). The second kappa shape index (κ2) is 7.09. The van der Waals surface area contributed by atoms with Gasteiger partial charge in [-0.3, -0.25) is 4.79 Å². The highest BCUT2D eigenvalue weighted by Gasteiger charge is 2.24. The van der Waals surface area contributed by atoms with Gasteiger partial charge in [-0.1, -0.05) is 0 Å². The molecule has 0 aliphatic carbocycles. The van der Waals surface area contributed by atoms with Gasteiger partial charge in [-0.25, -0.2) is 0 Å². The maximum absolute atomic E-state index is 10.9. The molecule has 1 aliphatic rings. The smallest absolute Gasteiger partial charge is 0.315 e. The third-order valence-corrected chi connectivity index (χ3v) is 3.68. The van der Waals surface area contributed by atoms with E-state index in [1.165, 1.54) is 7.11 Å². The van der Waals surface area contributed by atoms with E-state index in [4.69, 9.17) is 4.74 Å². The van der Waals surface area contributed by atoms with Crippen LogP contribution in [0.15, 0.2) is 0 Å². The molecule has 0 saturated carbocycles. The first kappa shape index (κ1) is 12.8. The number of rotatable bonds is 6. The number of carbonyl (C=O) groups excluding carboxylic acids is 1. The third-order valence-electron chi connectivity index (χ3n) is 2.65. The van der Waals surface area contributed by atoms with Crippen molar-refractivity contribution in [3.63, 3.8) is 0 Å². The van der Waals surface area contributed by atoms with E-state index < -0.39 is 0 Å². The minimum atomic E-state index is -0.155. The molecule has 2 unspecified atom stereocenters. The van der Waals surface area contributed by atoms with E-state index in [2.05, 4.69) is 10.1 Å². The van der Waals surface area contributed by atoms with E-state index in [-0.39, 0.29) is 5.97 Å². The zero-order valence-corrected chi connectivity index (χ0v) is 10.1. The Morgan fingerprint density at radius 3 is 3.07 bits per heavy atom. The van der Waals surface area contributed by atoms with Crippen LogP contribution in [0.1, 0.15) is 6.42 Å². The maximum atomic E-state index is 10.9. The topological polar surface area (TPSA) is 47.6 Å². The molecule has 1 saturated heterocycles. The van der Waals surface area contributed by atoms with Crippen molar-refractivity contribution in [1.29, 1.82) is 0 Å². The Bertz CT molecular complexity index is 195. The van der Waals surface area contributed by atoms with E-state index in [0.29, 0.717) is 17.7 Å². The number of thioether (sulfide) groups is 1. The molecule has 1 heterocycles. The second-order valence-corrected chi connectivity index (χ2v) is 4.64. The minimum Gasteiger partial charge on any atom is -0.468 e. The van der Waals surface area contributed by atoms with E-state index in [1.807, 2.05) is 7.05 Å². The number of ether oxygens (including phenoxy) is 2. The standard InChI is InChI=1S/C10H19NO3S/c1-11-9(8-3-4-14-5-8)6-15-7-10(12)13-2/h8-9,11H,3-7H2,1-2H3. The summed E-state index contributed by atoms with van der Waals surface area (Å²) in [5.41, 5.74) is 0. The number of nitrogens with one attached hydrogen (secondary N) is 1. The highest BCUT2D eigenvalue weighted by atomic mass is 32.2. The molecule has 0 aromatic carbocycles. The highest BCUT2D eigenvalue weighted by molar-refractivity contribution is 7.99. The predicted molar refractivity (Wildman–Crippen MR) is 61.1 cm³/mol. The highest BCUT2D eigenvalue weighted by Crippen LogP contribution is 2.19. The minimum absolute atomic E-state index is 0.155. The van der Waals surface area contributed by atoms with E-state index in [1.54, 1.807) is 11.8 Å². The van der Waals surface area contributed by atoms with E-state index >= 15 is 0 Å². The van der Waals surface area contributed by atoms with Crippen molar-refractivity contribution in [3.8, 4) is 0 Å². The second-order valence-electron chi connectivity index (χ2n) is 3.61. The van der Waals surface area contributed by atoms with Gasteiger partial charge in [0.15, 0.2) is 0 Å². The molecule has 0 spiro atoms. The Balaban J connectivity index is 2.18. The Labute approximate surface area is 95.1 Å². The van der Waals surface area contributed by atoms with Crippen LogP contribution in [0.5, 0.6) is 0 Å². The molecule has 0 aromatic rings. The van der Waals surface area contributed by atoms with Crippen molar-refractivity contribution in [2.45, 2.75) is 12.5 Å². The van der Waals surface area contributed by atoms with Gasteiger partial charge in [0, 0.05) is 24.3 Å². The van der Waals surface area contributed by atoms with Crippen molar-refractivity contribution >= 4 is 17.7 Å². The summed E-state index contributed by atoms with van der Waals surface area (Å²) in [7, 11) is 3.38. The van der Waals surface area contributed by atoms with Gasteiger partial charge in [-0.15, -0.1) is 11.8 Å². The number of carbonyl (C=O) groups is 1. The number of esters is 1. The molecule has 4 nitrogen and oxygen atoms in total. The Kier molecular flexibility index (Phi) is 6.05. The number of methoxy groups -OCH3 is 1. The first-order chi connectivity index (χ1) is 7.27. The van der Waals surface area contributed by atoms with Crippen LogP contribution in [-0.4, -0.2) is 50.9 Å². The summed E-state index contributed by atoms with van der Waals surface area (Å²) in [6.07, 6.45) is 1.12. The summed E-state index contributed by atoms with van der Waals surface area (Å²) in [6, 6.07) is 0.433. The van der Waals surface area contributed by atoms with Crippen LogP contribution in [0.25, 0.3) is 0 Å². The monoisotopic (exact) mass is 233 g/mol. The summed E-state index contributed by atoms with van der Waals surface area (Å²) in [5, 5.41) is 3.28. The van der Waals surface area contributed by atoms with Gasteiger partial charge < -0.3 is 14.8 Å². The Morgan fingerprint density at radius 2 is 2.53 bits per heavy atom. The lowest BCUT2D eigenvalue weighted by molar-refractivity contribution is -0.137. The van der Waals surface area contributed by atoms with Crippen LogP contribution in [0, 0.1) is 5.92 Å². The van der Waals surface area contributed by atoms with E-state index in [0.717, 1.165) is 25.4 Å². The van der Waals surface area contributed by atoms with Crippen LogP contribution < -0.4 is 5.32 Å². The van der Waals surface area contributed by atoms with Crippen LogP contribution in [0.4, 0.5) is 0 Å². The molecule has 0 radical (unpaired) electrons. The fraction of sp³-hybridized carbons (Fsp3) is 0.900. The summed E-state index contributed by atoms with van der Waals surface area (Å²) < 4.78 is 9.93. The molecular weight excluding hydrogens is 214 g/mol. The van der Waals surface area contributed by atoms with Gasteiger partial charge >= 0.3 is 5.97 Å². The van der Waals surface area contributed by atoms with Gasteiger partial charge in [0.05, 0.1) is 19.5 Å². The van der Waals surface area contributed by atoms with Crippen LogP contribution in [0.3, 0.4) is 0 Å². The van der Waals surface area contributed by atoms with Crippen LogP contribution in [0.2, 0.25) is 0 Å². The van der Waals surface area contributed by atoms with Gasteiger partial charge in [0.25, 0.3) is 0 Å². The lowest BCUT2D eigenvalue weighted by Gasteiger charge is -2.20. The molecule has 0 bridgehead atoms. The molecule has 5 heteroatoms. The molecular formula is C10H19NO3S. The predicted octanol–water partition coefficient (Wildman–Crippen LogP) is 0.517. The van der Waals surface area contributed by atoms with Gasteiger partial charge in [0.1, 0.15) is 0 Å². The van der Waals surface area contributed by atoms with Crippen molar-refractivity contribution in [2.24, 2.45) is 5.92 Å². The molecule has 1 N–H and O–H groups in total. The summed E-state index contributed by atoms with van der Waals surface area (Å²) >= 11 is 1.61. The van der Waals surface area contributed by atoms with Crippen molar-refractivity contribution in [3.05, 3.63) is 0 Å². The molecule has 2 atom stereocenters. The van der Waals surface area contributed by atoms with Crippen molar-refractivity contribution < 1.29 is 14.3 Å². The quantitative estimate of drug-likeness (QED) is 0.678. The largest absolute Gasteiger partial charge is 0.468 e. The van der Waals surface area contributed by atoms with E-state index in [9.17, 15) is 4.79 Å². The SMILES string of the molecule is CNC(CSCC(=O)OC)C1CCOC1. The summed E-state index contributed by atoms with van der Waals surface area (Å²) in [4.78, 5) is 10.9. The van der Waals surface area contributed by atoms with Gasteiger partial charge in [0.2, 0.25) is 0 Å². The molecule has 1 aliphatic heterocycles. The Morgan fingerprint density at radius 1 is 1.73 bits per heavy atom. The summed E-state index contributed by atoms with van der Waals surface area (Å²) in [6.45, 7) is 1.70. The lowest BCUT2D eigenvalue weighted by Crippen LogP contribution is -2.36. The molecule has 0 amide bonds. The van der Waals surface area contributed by atoms with Crippen molar-refractivity contribution in [2.75, 3.05) is 38.9 Å². The molecule has 1 fully saturated rings. The zero-order chi connectivity index (χ0) is 11.1. The van der Waals surface area contributed by atoms with Crippen LogP contribution >= 0.6 is 11.8 Å². The lowest BCUT2D eigenvalue weighted by atomic mass is 10.0. The zero-order valence-electron chi connectivity index (χ0n) is 9.32. The average Bonchev–Trinajstić information content (AvgIpc) is 2.77. The maximum Gasteiger partial charge on any atom is 0.315 e. The molecule has 88 valence electrons. The fourth-order valence-corrected chi connectivity index (χ4v) is 2.75. The van der Waals surface area contributed by atoms with Gasteiger partial charge in [-0.2, -0.15) is 0 Å². The molecule has 0 aromatic heterocycles. The first-order valence-corrected chi connectivity index (χ1v) is 6.33. The summed E-state index contributed by atoms with van der Waals surface area (Å²) in [5.74, 6) is 1.79. The number of hydrogen-bond acceptors (Lipinski definition) is 5. The third kappa shape index (κ3) is 4.40. The normalized spacial score (nSPS) is 22.7. The fourth-order valence-electron chi connectivity index (χ4n) is 1.65. The molecule has 15 heavy (non-hydrogen) atoms. The number of hydrogen-bond donors (Lipinski definition) is 1. The Hall–Kier alpha value is -0.260.